The fourth-order valence-corrected chi connectivity index (χ4v) is 3.40. The number of aromatic nitrogens is 2. The zero-order valence-corrected chi connectivity index (χ0v) is 14.6. The number of nitrogens with one attached hydrogen (secondary N) is 1. The van der Waals surface area contributed by atoms with Crippen molar-refractivity contribution in [2.75, 3.05) is 13.2 Å². The Morgan fingerprint density at radius 3 is 2.88 bits per heavy atom. The van der Waals surface area contributed by atoms with E-state index in [2.05, 4.69) is 10.3 Å². The van der Waals surface area contributed by atoms with Crippen LogP contribution in [0.5, 0.6) is 0 Å². The summed E-state index contributed by atoms with van der Waals surface area (Å²) in [5.74, 6) is 0.438. The summed E-state index contributed by atoms with van der Waals surface area (Å²) in [5, 5.41) is 12.4. The molecule has 0 unspecified atom stereocenters. The van der Waals surface area contributed by atoms with Crippen molar-refractivity contribution in [3.63, 3.8) is 0 Å². The van der Waals surface area contributed by atoms with Crippen molar-refractivity contribution in [3.8, 4) is 0 Å². The molecule has 2 N–H and O–H groups in total. The molecule has 0 saturated heterocycles. The Kier molecular flexibility index (Phi) is 6.42. The predicted octanol–water partition coefficient (Wildman–Crippen LogP) is 2.38. The third kappa shape index (κ3) is 4.80. The molecule has 1 saturated carbocycles. The van der Waals surface area contributed by atoms with E-state index < -0.39 is 0 Å². The maximum atomic E-state index is 12.2. The minimum Gasteiger partial charge on any atom is -0.388 e. The van der Waals surface area contributed by atoms with Crippen LogP contribution in [0.25, 0.3) is 11.0 Å². The van der Waals surface area contributed by atoms with Crippen LogP contribution in [0.2, 0.25) is 0 Å². The molecule has 1 aromatic heterocycles. The van der Waals surface area contributed by atoms with Crippen molar-refractivity contribution in [2.45, 2.75) is 57.8 Å². The third-order valence-corrected chi connectivity index (χ3v) is 4.73. The highest BCUT2D eigenvalue weighted by molar-refractivity contribution is 5.81. The second kappa shape index (κ2) is 8.97. The quantitative estimate of drug-likeness (QED) is 0.720. The third-order valence-electron chi connectivity index (χ3n) is 4.73. The second-order valence-corrected chi connectivity index (χ2v) is 6.60. The van der Waals surface area contributed by atoms with Gasteiger partial charge in [0.15, 0.2) is 0 Å². The number of imidazole rings is 1. The van der Waals surface area contributed by atoms with Crippen molar-refractivity contribution >= 4 is 16.9 Å². The number of fused-ring (bicyclic) bond motifs is 1. The lowest BCUT2D eigenvalue weighted by molar-refractivity contribution is -0.121. The van der Waals surface area contributed by atoms with Crippen LogP contribution < -0.4 is 5.32 Å². The van der Waals surface area contributed by atoms with Gasteiger partial charge in [-0.2, -0.15) is 0 Å². The summed E-state index contributed by atoms with van der Waals surface area (Å²) in [6.07, 6.45) is 7.44. The number of amides is 1. The Morgan fingerprint density at radius 1 is 1.28 bits per heavy atom. The highest BCUT2D eigenvalue weighted by atomic mass is 16.5. The average molecular weight is 345 g/mol. The number of rotatable bonds is 8. The van der Waals surface area contributed by atoms with Gasteiger partial charge in [0, 0.05) is 13.2 Å². The molecule has 6 heteroatoms. The van der Waals surface area contributed by atoms with Crippen LogP contribution in [0, 0.1) is 0 Å². The lowest BCUT2D eigenvalue weighted by Gasteiger charge is -2.21. The highest BCUT2D eigenvalue weighted by Gasteiger charge is 2.14. The van der Waals surface area contributed by atoms with Gasteiger partial charge in [0.05, 0.1) is 17.1 Å². The molecule has 2 aromatic rings. The van der Waals surface area contributed by atoms with Crippen LogP contribution in [-0.4, -0.2) is 39.8 Å². The average Bonchev–Trinajstić information content (AvgIpc) is 3.00. The number of aliphatic hydroxyl groups excluding tert-OH is 1. The molecule has 1 heterocycles. The first-order chi connectivity index (χ1) is 12.3. The van der Waals surface area contributed by atoms with Gasteiger partial charge in [-0.15, -0.1) is 0 Å². The Labute approximate surface area is 148 Å². The topological polar surface area (TPSA) is 76.4 Å². The lowest BCUT2D eigenvalue weighted by Crippen LogP contribution is -2.30. The van der Waals surface area contributed by atoms with Crippen LogP contribution in [0.1, 0.15) is 44.3 Å². The van der Waals surface area contributed by atoms with Crippen molar-refractivity contribution in [1.82, 2.24) is 14.9 Å². The molecule has 0 aliphatic heterocycles. The van der Waals surface area contributed by atoms with E-state index in [0.29, 0.717) is 25.1 Å². The summed E-state index contributed by atoms with van der Waals surface area (Å²) in [4.78, 5) is 16.6. The van der Waals surface area contributed by atoms with Gasteiger partial charge < -0.3 is 19.7 Å². The number of benzene rings is 1. The number of para-hydroxylation sites is 2. The van der Waals surface area contributed by atoms with E-state index in [9.17, 15) is 9.90 Å². The molecule has 1 amide bonds. The zero-order valence-electron chi connectivity index (χ0n) is 14.6. The van der Waals surface area contributed by atoms with Crippen LogP contribution >= 0.6 is 0 Å². The molecule has 1 aromatic carbocycles. The summed E-state index contributed by atoms with van der Waals surface area (Å²) < 4.78 is 7.63. The largest absolute Gasteiger partial charge is 0.388 e. The normalized spacial score (nSPS) is 15.6. The van der Waals surface area contributed by atoms with E-state index in [4.69, 9.17) is 4.74 Å². The van der Waals surface area contributed by atoms with Crippen molar-refractivity contribution in [1.29, 1.82) is 0 Å². The molecule has 1 aliphatic carbocycles. The minimum absolute atomic E-state index is 0.0736. The van der Waals surface area contributed by atoms with Crippen LogP contribution in [0.15, 0.2) is 24.3 Å². The number of aliphatic hydroxyl groups is 1. The van der Waals surface area contributed by atoms with E-state index in [-0.39, 0.29) is 19.1 Å². The Bertz CT molecular complexity index is 692. The fourth-order valence-electron chi connectivity index (χ4n) is 3.40. The van der Waals surface area contributed by atoms with Gasteiger partial charge in [-0.25, -0.2) is 4.98 Å². The van der Waals surface area contributed by atoms with E-state index in [1.807, 2.05) is 24.3 Å². The van der Waals surface area contributed by atoms with Crippen LogP contribution in [0.4, 0.5) is 0 Å². The van der Waals surface area contributed by atoms with E-state index in [1.165, 1.54) is 32.1 Å². The molecule has 25 heavy (non-hydrogen) atoms. The van der Waals surface area contributed by atoms with Crippen molar-refractivity contribution in [3.05, 3.63) is 30.1 Å². The van der Waals surface area contributed by atoms with Crippen molar-refractivity contribution in [2.24, 2.45) is 0 Å². The molecule has 1 fully saturated rings. The number of ether oxygens (including phenoxy) is 1. The van der Waals surface area contributed by atoms with Gasteiger partial charge in [-0.1, -0.05) is 31.4 Å². The first-order valence-corrected chi connectivity index (χ1v) is 9.21. The summed E-state index contributed by atoms with van der Waals surface area (Å²) in [5.41, 5.74) is 1.66. The number of hydrogen-bond acceptors (Lipinski definition) is 4. The fraction of sp³-hybridized carbons (Fsp3) is 0.579. The molecule has 0 spiro atoms. The summed E-state index contributed by atoms with van der Waals surface area (Å²) in [6, 6.07) is 7.59. The SMILES string of the molecule is O=C(Cn1c(CO)nc2ccccc21)NCCCOC1CCCCC1. The Hall–Kier alpha value is -1.92. The van der Waals surface area contributed by atoms with Crippen LogP contribution in [0.3, 0.4) is 0 Å². The number of hydrogen-bond donors (Lipinski definition) is 2. The van der Waals surface area contributed by atoms with Gasteiger partial charge in [-0.3, -0.25) is 4.79 Å². The van der Waals surface area contributed by atoms with Gasteiger partial charge >= 0.3 is 0 Å². The molecular weight excluding hydrogens is 318 g/mol. The lowest BCUT2D eigenvalue weighted by atomic mass is 9.98. The molecule has 1 aliphatic rings. The first-order valence-electron chi connectivity index (χ1n) is 9.21. The van der Waals surface area contributed by atoms with Crippen LogP contribution in [-0.2, 0) is 22.7 Å². The predicted molar refractivity (Wildman–Crippen MR) is 96.1 cm³/mol. The van der Waals surface area contributed by atoms with Gasteiger partial charge in [0.1, 0.15) is 19.0 Å². The molecule has 0 radical (unpaired) electrons. The molecule has 0 bridgehead atoms. The summed E-state index contributed by atoms with van der Waals surface area (Å²) >= 11 is 0. The molecule has 0 atom stereocenters. The minimum atomic E-state index is -0.183. The number of nitrogens with zero attached hydrogens (tertiary/aromatic N) is 2. The van der Waals surface area contributed by atoms with E-state index in [1.54, 1.807) is 4.57 Å². The van der Waals surface area contributed by atoms with Gasteiger partial charge in [0.2, 0.25) is 5.91 Å². The van der Waals surface area contributed by atoms with E-state index in [0.717, 1.165) is 17.5 Å². The number of carbonyl (C=O) groups excluding carboxylic acids is 1. The molecule has 3 rings (SSSR count). The maximum absolute atomic E-state index is 12.2. The number of carbonyl (C=O) groups is 1. The highest BCUT2D eigenvalue weighted by Crippen LogP contribution is 2.20. The summed E-state index contributed by atoms with van der Waals surface area (Å²) in [6.45, 7) is 1.28. The van der Waals surface area contributed by atoms with Gasteiger partial charge in [-0.05, 0) is 31.4 Å². The first kappa shape index (κ1) is 17.9. The summed E-state index contributed by atoms with van der Waals surface area (Å²) in [7, 11) is 0. The molecular formula is C19H27N3O3. The zero-order chi connectivity index (χ0) is 17.5. The van der Waals surface area contributed by atoms with E-state index >= 15 is 0 Å². The maximum Gasteiger partial charge on any atom is 0.240 e. The Balaban J connectivity index is 1.43. The molecule has 6 nitrogen and oxygen atoms in total. The standard InChI is InChI=1S/C19H27N3O3/c23-14-18-21-16-9-4-5-10-17(16)22(18)13-19(24)20-11-6-12-25-15-7-2-1-3-8-15/h4-5,9-10,15,23H,1-3,6-8,11-14H2,(H,20,24). The monoisotopic (exact) mass is 345 g/mol. The Morgan fingerprint density at radius 2 is 2.08 bits per heavy atom. The van der Waals surface area contributed by atoms with Gasteiger partial charge in [0.25, 0.3) is 0 Å². The second-order valence-electron chi connectivity index (χ2n) is 6.60. The molecule has 136 valence electrons. The smallest absolute Gasteiger partial charge is 0.240 e. The van der Waals surface area contributed by atoms with Crippen molar-refractivity contribution < 1.29 is 14.6 Å².